The van der Waals surface area contributed by atoms with Crippen molar-refractivity contribution in [3.8, 4) is 34.3 Å². The van der Waals surface area contributed by atoms with Crippen LogP contribution >= 0.6 is 0 Å². The third-order valence-electron chi connectivity index (χ3n) is 4.41. The summed E-state index contributed by atoms with van der Waals surface area (Å²) in [7, 11) is 0. The predicted octanol–water partition coefficient (Wildman–Crippen LogP) is 4.10. The van der Waals surface area contributed by atoms with Gasteiger partial charge in [-0.1, -0.05) is 11.6 Å². The van der Waals surface area contributed by atoms with Crippen molar-refractivity contribution in [2.75, 3.05) is 0 Å². The van der Waals surface area contributed by atoms with Crippen LogP contribution in [0.4, 0.5) is 0 Å². The van der Waals surface area contributed by atoms with E-state index in [1.165, 1.54) is 24.3 Å². The van der Waals surface area contributed by atoms with Crippen molar-refractivity contribution in [2.24, 2.45) is 0 Å². The first-order chi connectivity index (χ1) is 12.7. The summed E-state index contributed by atoms with van der Waals surface area (Å²) in [6.07, 6.45) is 2.10. The molecule has 0 fully saturated rings. The Hall–Kier alpha value is -3.41. The largest absolute Gasteiger partial charge is 0.508 e. The second-order valence-electron chi connectivity index (χ2n) is 6.69. The molecule has 0 aliphatic rings. The topological polar surface area (TPSA) is 111 Å². The molecule has 0 saturated carbocycles. The van der Waals surface area contributed by atoms with E-state index in [0.29, 0.717) is 11.1 Å². The van der Waals surface area contributed by atoms with Gasteiger partial charge in [0, 0.05) is 17.2 Å². The summed E-state index contributed by atoms with van der Waals surface area (Å²) >= 11 is 0. The maximum absolute atomic E-state index is 12.6. The number of phenolic OH excluding ortho intramolecular Hbond substituents is 3. The van der Waals surface area contributed by atoms with Gasteiger partial charge in [0.1, 0.15) is 11.3 Å². The first-order valence-corrected chi connectivity index (χ1v) is 8.37. The number of rotatable bonds is 3. The van der Waals surface area contributed by atoms with Crippen LogP contribution in [0.2, 0.25) is 0 Å². The van der Waals surface area contributed by atoms with E-state index >= 15 is 0 Å². The molecule has 1 heterocycles. The normalized spacial score (nSPS) is 10.9. The number of phenols is 3. The Kier molecular flexibility index (Phi) is 4.57. The molecule has 0 amide bonds. The fourth-order valence-corrected chi connectivity index (χ4v) is 2.86. The van der Waals surface area contributed by atoms with E-state index in [1.807, 2.05) is 19.9 Å². The van der Waals surface area contributed by atoms with Crippen LogP contribution in [-0.2, 0) is 6.42 Å². The second-order valence-corrected chi connectivity index (χ2v) is 6.69. The fraction of sp³-hybridized carbons (Fsp3) is 0.190. The van der Waals surface area contributed by atoms with Gasteiger partial charge in [-0.25, -0.2) is 0 Å². The predicted molar refractivity (Wildman–Crippen MR) is 102 cm³/mol. The van der Waals surface area contributed by atoms with Gasteiger partial charge in [-0.2, -0.15) is 0 Å². The molecule has 0 radical (unpaired) electrons. The summed E-state index contributed by atoms with van der Waals surface area (Å²) in [6, 6.07) is 5.47. The molecule has 0 aliphatic carbocycles. The Morgan fingerprint density at radius 2 is 1.74 bits per heavy atom. The molecule has 0 aliphatic heterocycles. The summed E-state index contributed by atoms with van der Waals surface area (Å²) in [4.78, 5) is 12.6. The van der Waals surface area contributed by atoms with E-state index in [1.54, 1.807) is 6.92 Å². The molecule has 6 nitrogen and oxygen atoms in total. The van der Waals surface area contributed by atoms with Crippen LogP contribution in [0.1, 0.15) is 25.0 Å². The summed E-state index contributed by atoms with van der Waals surface area (Å²) < 4.78 is 5.71. The van der Waals surface area contributed by atoms with E-state index in [-0.39, 0.29) is 46.0 Å². The van der Waals surface area contributed by atoms with E-state index in [4.69, 9.17) is 4.42 Å². The maximum atomic E-state index is 12.6. The quantitative estimate of drug-likeness (QED) is 0.409. The van der Waals surface area contributed by atoms with E-state index in [9.17, 15) is 25.2 Å². The van der Waals surface area contributed by atoms with Gasteiger partial charge in [0.2, 0.25) is 11.2 Å². The third kappa shape index (κ3) is 3.21. The number of hydrogen-bond acceptors (Lipinski definition) is 6. The Balaban J connectivity index is 2.34. The molecule has 0 atom stereocenters. The van der Waals surface area contributed by atoms with Crippen molar-refractivity contribution in [1.29, 1.82) is 0 Å². The highest BCUT2D eigenvalue weighted by molar-refractivity contribution is 5.85. The monoisotopic (exact) mass is 368 g/mol. The molecule has 140 valence electrons. The van der Waals surface area contributed by atoms with Crippen LogP contribution in [-0.4, -0.2) is 20.4 Å². The van der Waals surface area contributed by atoms with Crippen LogP contribution in [0.25, 0.3) is 22.3 Å². The lowest BCUT2D eigenvalue weighted by Crippen LogP contribution is -2.04. The maximum Gasteiger partial charge on any atom is 0.235 e. The number of hydrogen-bond donors (Lipinski definition) is 4. The minimum Gasteiger partial charge on any atom is -0.508 e. The number of benzene rings is 2. The minimum atomic E-state index is -0.643. The van der Waals surface area contributed by atoms with Crippen LogP contribution < -0.4 is 5.43 Å². The molecule has 3 aromatic rings. The minimum absolute atomic E-state index is 0.0411. The molecular formula is C21H20O6. The molecule has 0 saturated heterocycles. The Bertz CT molecular complexity index is 1130. The number of aromatic hydroxyl groups is 4. The Morgan fingerprint density at radius 1 is 1.04 bits per heavy atom. The second kappa shape index (κ2) is 6.72. The lowest BCUT2D eigenvalue weighted by Gasteiger charge is -2.13. The summed E-state index contributed by atoms with van der Waals surface area (Å²) in [5.74, 6) is -1.44. The number of aryl methyl sites for hydroxylation is 1. The van der Waals surface area contributed by atoms with Gasteiger partial charge in [-0.3, -0.25) is 4.79 Å². The molecule has 1 aromatic heterocycles. The van der Waals surface area contributed by atoms with E-state index < -0.39 is 11.2 Å². The van der Waals surface area contributed by atoms with Crippen LogP contribution in [0.3, 0.4) is 0 Å². The van der Waals surface area contributed by atoms with Crippen molar-refractivity contribution in [3.63, 3.8) is 0 Å². The summed E-state index contributed by atoms with van der Waals surface area (Å²) in [5.41, 5.74) is 1.53. The smallest absolute Gasteiger partial charge is 0.235 e. The SMILES string of the molecule is CC(C)=CCc1c(-c2oc3cc(O)c(C)cc3c(=O)c2O)ccc(O)c1O. The standard InChI is InChI=1S/C21H20O6/c1-10(2)4-5-12-13(6-7-15(22)18(12)24)21-20(26)19(25)14-8-11(3)16(23)9-17(14)27-21/h4,6-9,22-24,26H,5H2,1-3H3. The zero-order valence-electron chi connectivity index (χ0n) is 15.2. The van der Waals surface area contributed by atoms with Gasteiger partial charge in [0.05, 0.1) is 5.39 Å². The molecule has 4 N–H and O–H groups in total. The lowest BCUT2D eigenvalue weighted by atomic mass is 9.98. The van der Waals surface area contributed by atoms with E-state index in [0.717, 1.165) is 5.57 Å². The number of fused-ring (bicyclic) bond motifs is 1. The highest BCUT2D eigenvalue weighted by atomic mass is 16.4. The average molecular weight is 368 g/mol. The summed E-state index contributed by atoms with van der Waals surface area (Å²) in [6.45, 7) is 5.41. The van der Waals surface area contributed by atoms with Gasteiger partial charge >= 0.3 is 0 Å². The van der Waals surface area contributed by atoms with Crippen molar-refractivity contribution >= 4 is 11.0 Å². The molecule has 3 rings (SSSR count). The Labute approximate surface area is 155 Å². The van der Waals surface area contributed by atoms with Gasteiger partial charge in [0.15, 0.2) is 17.3 Å². The first kappa shape index (κ1) is 18.4. The van der Waals surface area contributed by atoms with Crippen molar-refractivity contribution in [2.45, 2.75) is 27.2 Å². The Morgan fingerprint density at radius 3 is 2.41 bits per heavy atom. The molecule has 2 aromatic carbocycles. The average Bonchev–Trinajstić information content (AvgIpc) is 2.61. The fourth-order valence-electron chi connectivity index (χ4n) is 2.86. The highest BCUT2D eigenvalue weighted by Gasteiger charge is 2.21. The van der Waals surface area contributed by atoms with Crippen LogP contribution in [0.15, 0.2) is 45.1 Å². The van der Waals surface area contributed by atoms with Crippen LogP contribution in [0, 0.1) is 6.92 Å². The molecule has 0 unspecified atom stereocenters. The zero-order chi connectivity index (χ0) is 19.9. The van der Waals surface area contributed by atoms with Crippen LogP contribution in [0.5, 0.6) is 23.0 Å². The first-order valence-electron chi connectivity index (χ1n) is 8.37. The van der Waals surface area contributed by atoms with Crippen molar-refractivity contribution in [1.82, 2.24) is 0 Å². The van der Waals surface area contributed by atoms with Gasteiger partial charge in [-0.15, -0.1) is 0 Å². The van der Waals surface area contributed by atoms with Gasteiger partial charge < -0.3 is 24.8 Å². The van der Waals surface area contributed by atoms with Crippen molar-refractivity contribution < 1.29 is 24.8 Å². The van der Waals surface area contributed by atoms with E-state index in [2.05, 4.69) is 0 Å². The molecule has 27 heavy (non-hydrogen) atoms. The van der Waals surface area contributed by atoms with Gasteiger partial charge in [0.25, 0.3) is 0 Å². The zero-order valence-corrected chi connectivity index (χ0v) is 15.2. The highest BCUT2D eigenvalue weighted by Crippen LogP contribution is 2.40. The third-order valence-corrected chi connectivity index (χ3v) is 4.41. The summed E-state index contributed by atoms with van der Waals surface area (Å²) in [5, 5.41) is 40.6. The molecule has 6 heteroatoms. The van der Waals surface area contributed by atoms with Gasteiger partial charge in [-0.05, 0) is 51.0 Å². The lowest BCUT2D eigenvalue weighted by molar-refractivity contribution is 0.400. The molecule has 0 bridgehead atoms. The molecule has 0 spiro atoms. The molecular weight excluding hydrogens is 348 g/mol. The number of allylic oxidation sites excluding steroid dienone is 2. The van der Waals surface area contributed by atoms with Crippen molar-refractivity contribution in [3.05, 3.63) is 57.3 Å².